The number of phenols is 1. The van der Waals surface area contributed by atoms with E-state index in [-0.39, 0.29) is 18.4 Å². The number of benzene rings is 1. The lowest BCUT2D eigenvalue weighted by atomic mass is 10.2. The Labute approximate surface area is 163 Å². The molecular weight excluding hydrogens is 362 g/mol. The minimum absolute atomic E-state index is 0.0592. The number of aliphatic imine (C=N–C) groups is 1. The van der Waals surface area contributed by atoms with Gasteiger partial charge in [0.15, 0.2) is 5.82 Å². The number of rotatable bonds is 7. The molecule has 1 aliphatic rings. The summed E-state index contributed by atoms with van der Waals surface area (Å²) in [5.41, 5.74) is -0.0474. The van der Waals surface area contributed by atoms with Gasteiger partial charge in [-0.1, -0.05) is 12.1 Å². The molecule has 9 heteroatoms. The standard InChI is InChI=1S/C19H25N5O4/c1-19(2,26)13-28-18-22-16(12-20-11-14-3-5-15(25)6-4-14)21-17(23-18)24-7-9-27-10-8-24/h3-6,12,25-26H,7-11,13H2,1-2H3. The van der Waals surface area contributed by atoms with Gasteiger partial charge in [0, 0.05) is 13.1 Å². The number of phenolic OH excluding ortho intramolecular Hbond substituents is 1. The third-order valence-corrected chi connectivity index (χ3v) is 3.89. The zero-order valence-electron chi connectivity index (χ0n) is 16.1. The van der Waals surface area contributed by atoms with Crippen LogP contribution < -0.4 is 9.64 Å². The van der Waals surface area contributed by atoms with E-state index in [9.17, 15) is 10.2 Å². The highest BCUT2D eigenvalue weighted by molar-refractivity contribution is 5.75. The van der Waals surface area contributed by atoms with Crippen molar-refractivity contribution in [1.82, 2.24) is 15.0 Å². The number of aromatic hydroxyl groups is 1. The number of nitrogens with zero attached hydrogens (tertiary/aromatic N) is 5. The Bertz CT molecular complexity index is 799. The van der Waals surface area contributed by atoms with Crippen LogP contribution >= 0.6 is 0 Å². The van der Waals surface area contributed by atoms with Gasteiger partial charge in [-0.05, 0) is 31.5 Å². The molecule has 0 spiro atoms. The summed E-state index contributed by atoms with van der Waals surface area (Å²) in [6.07, 6.45) is 1.56. The van der Waals surface area contributed by atoms with Gasteiger partial charge in [-0.15, -0.1) is 0 Å². The van der Waals surface area contributed by atoms with Crippen LogP contribution in [0.2, 0.25) is 0 Å². The fourth-order valence-corrected chi connectivity index (χ4v) is 2.46. The second kappa shape index (κ2) is 8.94. The van der Waals surface area contributed by atoms with Crippen LogP contribution in [-0.2, 0) is 11.3 Å². The number of hydrogen-bond donors (Lipinski definition) is 2. The predicted molar refractivity (Wildman–Crippen MR) is 104 cm³/mol. The van der Waals surface area contributed by atoms with Gasteiger partial charge in [0.1, 0.15) is 12.4 Å². The van der Waals surface area contributed by atoms with Crippen LogP contribution in [0.25, 0.3) is 0 Å². The zero-order chi connectivity index (χ0) is 20.0. The Morgan fingerprint density at radius 1 is 1.18 bits per heavy atom. The fourth-order valence-electron chi connectivity index (χ4n) is 2.46. The van der Waals surface area contributed by atoms with E-state index < -0.39 is 5.60 Å². The van der Waals surface area contributed by atoms with Crippen molar-refractivity contribution in [3.05, 3.63) is 35.7 Å². The Hall–Kier alpha value is -2.78. The first kappa shape index (κ1) is 20.0. The van der Waals surface area contributed by atoms with Crippen molar-refractivity contribution in [3.8, 4) is 11.8 Å². The molecule has 0 aliphatic carbocycles. The summed E-state index contributed by atoms with van der Waals surface area (Å²) in [5, 5.41) is 19.2. The molecule has 0 atom stereocenters. The molecule has 2 aromatic rings. The summed E-state index contributed by atoms with van der Waals surface area (Å²) in [7, 11) is 0. The maximum absolute atomic E-state index is 9.89. The van der Waals surface area contributed by atoms with E-state index in [0.29, 0.717) is 44.6 Å². The van der Waals surface area contributed by atoms with Crippen LogP contribution in [-0.4, -0.2) is 69.9 Å². The van der Waals surface area contributed by atoms with E-state index in [1.165, 1.54) is 0 Å². The minimum Gasteiger partial charge on any atom is -0.508 e. The van der Waals surface area contributed by atoms with Crippen molar-refractivity contribution >= 4 is 12.2 Å². The van der Waals surface area contributed by atoms with Crippen molar-refractivity contribution in [3.63, 3.8) is 0 Å². The van der Waals surface area contributed by atoms with Gasteiger partial charge in [0.05, 0.1) is 31.6 Å². The molecule has 150 valence electrons. The fraction of sp³-hybridized carbons (Fsp3) is 0.474. The monoisotopic (exact) mass is 387 g/mol. The lowest BCUT2D eigenvalue weighted by Crippen LogP contribution is -2.37. The van der Waals surface area contributed by atoms with Gasteiger partial charge >= 0.3 is 6.01 Å². The predicted octanol–water partition coefficient (Wildman–Crippen LogP) is 1.18. The van der Waals surface area contributed by atoms with Gasteiger partial charge in [-0.25, -0.2) is 0 Å². The maximum Gasteiger partial charge on any atom is 0.321 e. The van der Waals surface area contributed by atoms with Crippen LogP contribution in [0.1, 0.15) is 25.2 Å². The third-order valence-electron chi connectivity index (χ3n) is 3.89. The summed E-state index contributed by atoms with van der Waals surface area (Å²) >= 11 is 0. The number of aliphatic hydroxyl groups is 1. The molecule has 1 aromatic carbocycles. The molecule has 0 unspecified atom stereocenters. The lowest BCUT2D eigenvalue weighted by molar-refractivity contribution is 0.0249. The van der Waals surface area contributed by atoms with Gasteiger partial charge in [-0.3, -0.25) is 4.99 Å². The quantitative estimate of drug-likeness (QED) is 0.681. The van der Waals surface area contributed by atoms with Crippen molar-refractivity contribution in [2.45, 2.75) is 26.0 Å². The van der Waals surface area contributed by atoms with Crippen LogP contribution in [0, 0.1) is 0 Å². The molecule has 9 nitrogen and oxygen atoms in total. The molecule has 0 saturated carbocycles. The first-order valence-electron chi connectivity index (χ1n) is 9.11. The van der Waals surface area contributed by atoms with E-state index in [0.717, 1.165) is 5.56 Å². The number of aromatic nitrogens is 3. The van der Waals surface area contributed by atoms with Gasteiger partial charge in [-0.2, -0.15) is 15.0 Å². The average molecular weight is 387 g/mol. The van der Waals surface area contributed by atoms with Gasteiger partial charge in [0.25, 0.3) is 0 Å². The average Bonchev–Trinajstić information content (AvgIpc) is 2.68. The molecular formula is C19H25N5O4. The molecule has 0 radical (unpaired) electrons. The molecule has 3 rings (SSSR count). The van der Waals surface area contributed by atoms with E-state index in [1.54, 1.807) is 44.3 Å². The van der Waals surface area contributed by atoms with E-state index >= 15 is 0 Å². The Morgan fingerprint density at radius 2 is 1.89 bits per heavy atom. The molecule has 28 heavy (non-hydrogen) atoms. The maximum atomic E-state index is 9.89. The van der Waals surface area contributed by atoms with E-state index in [4.69, 9.17) is 9.47 Å². The SMILES string of the molecule is CC(C)(O)COc1nc(C=NCc2ccc(O)cc2)nc(N2CCOCC2)n1. The molecule has 1 fully saturated rings. The van der Waals surface area contributed by atoms with Gasteiger partial charge in [0.2, 0.25) is 5.95 Å². The summed E-state index contributed by atoms with van der Waals surface area (Å²) < 4.78 is 10.9. The molecule has 2 N–H and O–H groups in total. The first-order valence-corrected chi connectivity index (χ1v) is 9.11. The summed E-state index contributed by atoms with van der Waals surface area (Å²) in [4.78, 5) is 19.5. The van der Waals surface area contributed by atoms with Crippen molar-refractivity contribution in [1.29, 1.82) is 0 Å². The lowest BCUT2D eigenvalue weighted by Gasteiger charge is -2.27. The first-order chi connectivity index (χ1) is 13.4. The second-order valence-corrected chi connectivity index (χ2v) is 7.11. The summed E-state index contributed by atoms with van der Waals surface area (Å²) in [6, 6.07) is 6.98. The second-order valence-electron chi connectivity index (χ2n) is 7.11. The van der Waals surface area contributed by atoms with Crippen LogP contribution in [0.15, 0.2) is 29.3 Å². The van der Waals surface area contributed by atoms with Gasteiger partial charge < -0.3 is 24.6 Å². The summed E-state index contributed by atoms with van der Waals surface area (Å²) in [5.74, 6) is 1.09. The van der Waals surface area contributed by atoms with Crippen molar-refractivity contribution < 1.29 is 19.7 Å². The normalized spacial score (nSPS) is 15.2. The molecule has 0 amide bonds. The molecule has 1 saturated heterocycles. The van der Waals surface area contributed by atoms with E-state index in [1.807, 2.05) is 4.90 Å². The number of hydrogen-bond acceptors (Lipinski definition) is 9. The van der Waals surface area contributed by atoms with Crippen LogP contribution in [0.4, 0.5) is 5.95 Å². The number of anilines is 1. The molecule has 2 heterocycles. The number of morpholine rings is 1. The largest absolute Gasteiger partial charge is 0.508 e. The Kier molecular flexibility index (Phi) is 6.37. The Balaban J connectivity index is 1.77. The smallest absolute Gasteiger partial charge is 0.321 e. The summed E-state index contributed by atoms with van der Waals surface area (Å²) in [6.45, 7) is 6.36. The number of ether oxygens (including phenoxy) is 2. The molecule has 1 aromatic heterocycles. The topological polar surface area (TPSA) is 113 Å². The van der Waals surface area contributed by atoms with Crippen LogP contribution in [0.3, 0.4) is 0 Å². The van der Waals surface area contributed by atoms with E-state index in [2.05, 4.69) is 19.9 Å². The van der Waals surface area contributed by atoms with Crippen molar-refractivity contribution in [2.24, 2.45) is 4.99 Å². The zero-order valence-corrected chi connectivity index (χ0v) is 16.1. The Morgan fingerprint density at radius 3 is 2.57 bits per heavy atom. The third kappa shape index (κ3) is 6.14. The molecule has 0 bridgehead atoms. The van der Waals surface area contributed by atoms with Crippen LogP contribution in [0.5, 0.6) is 11.8 Å². The highest BCUT2D eigenvalue weighted by atomic mass is 16.5. The highest BCUT2D eigenvalue weighted by Crippen LogP contribution is 2.15. The highest BCUT2D eigenvalue weighted by Gasteiger charge is 2.19. The van der Waals surface area contributed by atoms with Crippen molar-refractivity contribution in [2.75, 3.05) is 37.8 Å². The molecule has 1 aliphatic heterocycles. The minimum atomic E-state index is -1.00.